The minimum atomic E-state index is -0.364. The van der Waals surface area contributed by atoms with Crippen LogP contribution in [0.5, 0.6) is 5.75 Å². The molecule has 1 N–H and O–H groups in total. The molecule has 0 fully saturated rings. The van der Waals surface area contributed by atoms with E-state index in [0.29, 0.717) is 28.8 Å². The zero-order valence-electron chi connectivity index (χ0n) is 18.2. The standard InChI is InChI=1S/C24H22FN5O2S/c1-3-32-20-10-8-19(9-11-20)30-23(17-5-4-12-26-14-17)28-29-24(30)33-15-22(31)27-18-7-6-16(2)21(25)13-18/h4-14H,3,15H2,1-2H3,(H,27,31). The number of anilines is 1. The first-order valence-corrected chi connectivity index (χ1v) is 11.3. The Balaban J connectivity index is 1.57. The van der Waals surface area contributed by atoms with Crippen molar-refractivity contribution in [1.82, 2.24) is 19.7 Å². The van der Waals surface area contributed by atoms with Crippen LogP contribution in [0.3, 0.4) is 0 Å². The molecule has 2 aromatic carbocycles. The monoisotopic (exact) mass is 463 g/mol. The Bertz CT molecular complexity index is 1250. The average molecular weight is 464 g/mol. The van der Waals surface area contributed by atoms with Crippen LogP contribution < -0.4 is 10.1 Å². The van der Waals surface area contributed by atoms with Crippen LogP contribution in [0.4, 0.5) is 10.1 Å². The van der Waals surface area contributed by atoms with Gasteiger partial charge in [-0.25, -0.2) is 4.39 Å². The Morgan fingerprint density at radius 2 is 1.97 bits per heavy atom. The molecule has 9 heteroatoms. The second-order valence-corrected chi connectivity index (χ2v) is 8.05. The van der Waals surface area contributed by atoms with Crippen molar-refractivity contribution in [2.24, 2.45) is 0 Å². The summed E-state index contributed by atoms with van der Waals surface area (Å²) in [5.41, 5.74) is 2.55. The summed E-state index contributed by atoms with van der Waals surface area (Å²) >= 11 is 1.24. The fourth-order valence-corrected chi connectivity index (χ4v) is 3.89. The van der Waals surface area contributed by atoms with E-state index in [2.05, 4.69) is 20.5 Å². The maximum Gasteiger partial charge on any atom is 0.234 e. The predicted molar refractivity (Wildman–Crippen MR) is 126 cm³/mol. The third kappa shape index (κ3) is 5.38. The van der Waals surface area contributed by atoms with Gasteiger partial charge in [0.15, 0.2) is 11.0 Å². The van der Waals surface area contributed by atoms with Gasteiger partial charge in [-0.1, -0.05) is 17.8 Å². The van der Waals surface area contributed by atoms with Gasteiger partial charge in [-0.15, -0.1) is 10.2 Å². The number of hydrogen-bond acceptors (Lipinski definition) is 6. The van der Waals surface area contributed by atoms with Gasteiger partial charge in [0.1, 0.15) is 11.6 Å². The Morgan fingerprint density at radius 1 is 1.15 bits per heavy atom. The molecule has 0 atom stereocenters. The second kappa shape index (κ2) is 10.3. The maximum atomic E-state index is 13.8. The number of nitrogens with zero attached hydrogens (tertiary/aromatic N) is 4. The molecule has 0 saturated heterocycles. The second-order valence-electron chi connectivity index (χ2n) is 7.11. The minimum absolute atomic E-state index is 0.0810. The summed E-state index contributed by atoms with van der Waals surface area (Å²) in [6.07, 6.45) is 3.40. The highest BCUT2D eigenvalue weighted by Gasteiger charge is 2.18. The van der Waals surface area contributed by atoms with Crippen LogP contribution in [0.25, 0.3) is 17.1 Å². The Kier molecular flexibility index (Phi) is 6.99. The summed E-state index contributed by atoms with van der Waals surface area (Å²) in [5.74, 6) is 0.814. The zero-order chi connectivity index (χ0) is 23.2. The number of rotatable bonds is 8. The summed E-state index contributed by atoms with van der Waals surface area (Å²) < 4.78 is 21.2. The fourth-order valence-electron chi connectivity index (χ4n) is 3.13. The lowest BCUT2D eigenvalue weighted by Gasteiger charge is -2.11. The van der Waals surface area contributed by atoms with E-state index in [1.54, 1.807) is 31.5 Å². The molecule has 0 radical (unpaired) electrons. The first-order chi connectivity index (χ1) is 16.0. The van der Waals surface area contributed by atoms with Crippen molar-refractivity contribution < 1.29 is 13.9 Å². The highest BCUT2D eigenvalue weighted by molar-refractivity contribution is 7.99. The third-order valence-corrected chi connectivity index (χ3v) is 5.68. The van der Waals surface area contributed by atoms with Gasteiger partial charge in [0.05, 0.1) is 12.4 Å². The SMILES string of the molecule is CCOc1ccc(-n2c(SCC(=O)Nc3ccc(C)c(F)c3)nnc2-c2cccnc2)cc1. The van der Waals surface area contributed by atoms with E-state index >= 15 is 0 Å². The molecule has 0 saturated carbocycles. The van der Waals surface area contributed by atoms with Crippen LogP contribution in [-0.4, -0.2) is 38.0 Å². The Hall–Kier alpha value is -3.72. The van der Waals surface area contributed by atoms with E-state index in [0.717, 1.165) is 17.0 Å². The molecular formula is C24H22FN5O2S. The smallest absolute Gasteiger partial charge is 0.234 e. The highest BCUT2D eigenvalue weighted by Crippen LogP contribution is 2.28. The molecular weight excluding hydrogens is 441 g/mol. The number of ether oxygens (including phenoxy) is 1. The van der Waals surface area contributed by atoms with Crippen molar-refractivity contribution in [3.8, 4) is 22.8 Å². The van der Waals surface area contributed by atoms with Gasteiger partial charge in [0, 0.05) is 29.3 Å². The molecule has 4 rings (SSSR count). The maximum absolute atomic E-state index is 13.8. The molecule has 168 valence electrons. The van der Waals surface area contributed by atoms with Crippen LogP contribution in [-0.2, 0) is 4.79 Å². The first kappa shape index (κ1) is 22.5. The van der Waals surface area contributed by atoms with Gasteiger partial charge < -0.3 is 10.1 Å². The molecule has 2 aromatic heterocycles. The van der Waals surface area contributed by atoms with Gasteiger partial charge in [0.2, 0.25) is 5.91 Å². The van der Waals surface area contributed by atoms with Crippen molar-refractivity contribution in [1.29, 1.82) is 0 Å². The number of thioether (sulfide) groups is 1. The van der Waals surface area contributed by atoms with E-state index in [-0.39, 0.29) is 17.5 Å². The van der Waals surface area contributed by atoms with Crippen LogP contribution in [0.2, 0.25) is 0 Å². The number of halogens is 1. The Labute approximate surface area is 195 Å². The Morgan fingerprint density at radius 3 is 2.67 bits per heavy atom. The van der Waals surface area contributed by atoms with Gasteiger partial charge >= 0.3 is 0 Å². The van der Waals surface area contributed by atoms with Crippen LogP contribution in [0.15, 0.2) is 72.1 Å². The lowest BCUT2D eigenvalue weighted by Crippen LogP contribution is -2.14. The number of nitrogens with one attached hydrogen (secondary N) is 1. The van der Waals surface area contributed by atoms with E-state index in [1.165, 1.54) is 17.8 Å². The normalized spacial score (nSPS) is 10.8. The number of hydrogen-bond donors (Lipinski definition) is 1. The number of pyridine rings is 1. The topological polar surface area (TPSA) is 81.9 Å². The lowest BCUT2D eigenvalue weighted by atomic mass is 10.2. The molecule has 0 bridgehead atoms. The lowest BCUT2D eigenvalue weighted by molar-refractivity contribution is -0.113. The van der Waals surface area contributed by atoms with Crippen molar-refractivity contribution in [3.63, 3.8) is 0 Å². The molecule has 2 heterocycles. The van der Waals surface area contributed by atoms with E-state index < -0.39 is 0 Å². The highest BCUT2D eigenvalue weighted by atomic mass is 32.2. The van der Waals surface area contributed by atoms with Crippen molar-refractivity contribution >= 4 is 23.4 Å². The van der Waals surface area contributed by atoms with Crippen molar-refractivity contribution in [3.05, 3.63) is 78.4 Å². The summed E-state index contributed by atoms with van der Waals surface area (Å²) in [7, 11) is 0. The summed E-state index contributed by atoms with van der Waals surface area (Å²) in [4.78, 5) is 16.7. The largest absolute Gasteiger partial charge is 0.494 e. The van der Waals surface area contributed by atoms with Crippen LogP contribution in [0.1, 0.15) is 12.5 Å². The molecule has 0 aliphatic rings. The number of carbonyl (C=O) groups is 1. The number of carbonyl (C=O) groups excluding carboxylic acids is 1. The van der Waals surface area contributed by atoms with E-state index in [9.17, 15) is 9.18 Å². The molecule has 0 spiro atoms. The molecule has 1 amide bonds. The molecule has 0 aliphatic carbocycles. The van der Waals surface area contributed by atoms with E-state index in [4.69, 9.17) is 4.74 Å². The quantitative estimate of drug-likeness (QED) is 0.374. The first-order valence-electron chi connectivity index (χ1n) is 10.3. The number of amides is 1. The van der Waals surface area contributed by atoms with Gasteiger partial charge in [-0.3, -0.25) is 14.3 Å². The van der Waals surface area contributed by atoms with Crippen molar-refractivity contribution in [2.45, 2.75) is 19.0 Å². The van der Waals surface area contributed by atoms with Gasteiger partial charge in [0.25, 0.3) is 0 Å². The summed E-state index contributed by atoms with van der Waals surface area (Å²) in [5, 5.41) is 11.9. The summed E-state index contributed by atoms with van der Waals surface area (Å²) in [6.45, 7) is 4.18. The summed E-state index contributed by atoms with van der Waals surface area (Å²) in [6, 6.07) is 15.9. The number of benzene rings is 2. The zero-order valence-corrected chi connectivity index (χ0v) is 19.0. The van der Waals surface area contributed by atoms with Crippen LogP contribution >= 0.6 is 11.8 Å². The number of aryl methyl sites for hydroxylation is 1. The fraction of sp³-hybridized carbons (Fsp3) is 0.167. The minimum Gasteiger partial charge on any atom is -0.494 e. The molecule has 0 aliphatic heterocycles. The van der Waals surface area contributed by atoms with Crippen molar-refractivity contribution in [2.75, 3.05) is 17.7 Å². The molecule has 7 nitrogen and oxygen atoms in total. The molecule has 33 heavy (non-hydrogen) atoms. The van der Waals surface area contributed by atoms with Gasteiger partial charge in [-0.2, -0.15) is 0 Å². The molecule has 4 aromatic rings. The van der Waals surface area contributed by atoms with E-state index in [1.807, 2.05) is 47.9 Å². The average Bonchev–Trinajstić information content (AvgIpc) is 3.25. The van der Waals surface area contributed by atoms with Crippen LogP contribution in [0, 0.1) is 12.7 Å². The van der Waals surface area contributed by atoms with Gasteiger partial charge in [-0.05, 0) is 67.9 Å². The number of aromatic nitrogens is 4. The predicted octanol–water partition coefficient (Wildman–Crippen LogP) is 4.91. The third-order valence-electron chi connectivity index (χ3n) is 4.75. The molecule has 0 unspecified atom stereocenters.